The summed E-state index contributed by atoms with van der Waals surface area (Å²) in [6.45, 7) is 4.18. The van der Waals surface area contributed by atoms with Crippen LogP contribution in [0.1, 0.15) is 36.6 Å². The van der Waals surface area contributed by atoms with E-state index in [4.69, 9.17) is 0 Å². The number of anilines is 1. The van der Waals surface area contributed by atoms with Crippen LogP contribution in [0, 0.1) is 12.7 Å². The molecule has 0 aliphatic carbocycles. The third kappa shape index (κ3) is 3.15. The van der Waals surface area contributed by atoms with Gasteiger partial charge in [-0.05, 0) is 25.8 Å². The highest BCUT2D eigenvalue weighted by Crippen LogP contribution is 2.11. The van der Waals surface area contributed by atoms with Gasteiger partial charge >= 0.3 is 0 Å². The predicted octanol–water partition coefficient (Wildman–Crippen LogP) is 2.82. The van der Waals surface area contributed by atoms with Gasteiger partial charge in [0.15, 0.2) is 0 Å². The molecule has 2 aromatic heterocycles. The topological polar surface area (TPSA) is 75.1 Å². The smallest absolute Gasteiger partial charge is 0.277 e. The van der Waals surface area contributed by atoms with Crippen molar-refractivity contribution < 1.29 is 4.39 Å². The molecular weight excluding hydrogens is 309 g/mol. The van der Waals surface area contributed by atoms with Crippen LogP contribution in [0.5, 0.6) is 0 Å². The number of H-pyrrole nitrogens is 1. The van der Waals surface area contributed by atoms with Crippen molar-refractivity contribution in [3.63, 3.8) is 0 Å². The molecule has 6 nitrogen and oxygen atoms in total. The van der Waals surface area contributed by atoms with Crippen LogP contribution in [0.25, 0.3) is 5.78 Å². The summed E-state index contributed by atoms with van der Waals surface area (Å²) in [5.74, 6) is 0.415. The number of nitrogens with one attached hydrogen (secondary N) is 2. The number of benzene rings is 1. The van der Waals surface area contributed by atoms with E-state index in [1.807, 2.05) is 6.92 Å². The summed E-state index contributed by atoms with van der Waals surface area (Å²) in [6, 6.07) is 6.52. The Morgan fingerprint density at radius 1 is 1.29 bits per heavy atom. The highest BCUT2D eigenvalue weighted by atomic mass is 19.1. The maximum atomic E-state index is 13.6. The van der Waals surface area contributed by atoms with Crippen LogP contribution >= 0.6 is 0 Å². The van der Waals surface area contributed by atoms with E-state index in [9.17, 15) is 9.18 Å². The van der Waals surface area contributed by atoms with Crippen LogP contribution in [0.15, 0.2) is 29.1 Å². The molecular formula is C17H20FN5O. The third-order valence-corrected chi connectivity index (χ3v) is 3.98. The molecule has 0 fully saturated rings. The number of aryl methyl sites for hydroxylation is 1. The molecule has 0 bridgehead atoms. The van der Waals surface area contributed by atoms with Crippen LogP contribution < -0.4 is 10.9 Å². The van der Waals surface area contributed by atoms with E-state index >= 15 is 0 Å². The van der Waals surface area contributed by atoms with Gasteiger partial charge in [-0.15, -0.1) is 0 Å². The average Bonchev–Trinajstić information content (AvgIpc) is 2.97. The van der Waals surface area contributed by atoms with Crippen LogP contribution in [-0.2, 0) is 13.0 Å². The molecule has 0 amide bonds. The quantitative estimate of drug-likeness (QED) is 0.729. The van der Waals surface area contributed by atoms with Crippen LogP contribution in [0.4, 0.5) is 10.3 Å². The van der Waals surface area contributed by atoms with E-state index < -0.39 is 0 Å². The SMILES string of the molecule is CCCCc1c(C)nc2nc(NCc3ccccc3F)[nH]n2c1=O. The molecule has 2 N–H and O–H groups in total. The Morgan fingerprint density at radius 3 is 2.83 bits per heavy atom. The molecule has 0 unspecified atom stereocenters. The molecule has 0 aliphatic heterocycles. The van der Waals surface area contributed by atoms with Gasteiger partial charge in [-0.3, -0.25) is 9.89 Å². The minimum atomic E-state index is -0.283. The maximum Gasteiger partial charge on any atom is 0.277 e. The van der Waals surface area contributed by atoms with Crippen molar-refractivity contribution in [1.29, 1.82) is 0 Å². The van der Waals surface area contributed by atoms with Crippen molar-refractivity contribution in [1.82, 2.24) is 19.6 Å². The van der Waals surface area contributed by atoms with E-state index in [1.165, 1.54) is 10.6 Å². The van der Waals surface area contributed by atoms with Crippen molar-refractivity contribution in [3.8, 4) is 0 Å². The number of hydrogen-bond acceptors (Lipinski definition) is 4. The summed E-state index contributed by atoms with van der Waals surface area (Å²) in [7, 11) is 0. The Balaban J connectivity index is 1.87. The fourth-order valence-corrected chi connectivity index (χ4v) is 2.60. The largest absolute Gasteiger partial charge is 0.350 e. The van der Waals surface area contributed by atoms with Gasteiger partial charge < -0.3 is 5.32 Å². The van der Waals surface area contributed by atoms with Gasteiger partial charge in [0.1, 0.15) is 5.82 Å². The highest BCUT2D eigenvalue weighted by Gasteiger charge is 2.13. The lowest BCUT2D eigenvalue weighted by Gasteiger charge is -2.03. The van der Waals surface area contributed by atoms with Gasteiger partial charge in [-0.25, -0.2) is 9.37 Å². The molecule has 0 saturated carbocycles. The summed E-state index contributed by atoms with van der Waals surface area (Å²) in [5.41, 5.74) is 1.81. The summed E-state index contributed by atoms with van der Waals surface area (Å²) in [5, 5.41) is 5.89. The molecule has 3 rings (SSSR count). The number of nitrogens with zero attached hydrogens (tertiary/aromatic N) is 3. The van der Waals surface area contributed by atoms with Crippen molar-refractivity contribution in [2.24, 2.45) is 0 Å². The summed E-state index contributed by atoms with van der Waals surface area (Å²) in [4.78, 5) is 21.2. The second kappa shape index (κ2) is 6.82. The van der Waals surface area contributed by atoms with Crippen LogP contribution in [0.3, 0.4) is 0 Å². The van der Waals surface area contributed by atoms with Crippen LogP contribution in [-0.4, -0.2) is 19.6 Å². The van der Waals surface area contributed by atoms with Crippen molar-refractivity contribution in [3.05, 3.63) is 57.3 Å². The first-order valence-corrected chi connectivity index (χ1v) is 8.05. The van der Waals surface area contributed by atoms with Gasteiger partial charge in [0, 0.05) is 17.7 Å². The molecule has 1 aromatic carbocycles. The van der Waals surface area contributed by atoms with E-state index in [1.54, 1.807) is 18.2 Å². The number of halogens is 1. The third-order valence-electron chi connectivity index (χ3n) is 3.98. The first kappa shape index (κ1) is 16.2. The minimum Gasteiger partial charge on any atom is -0.350 e. The van der Waals surface area contributed by atoms with E-state index in [-0.39, 0.29) is 17.9 Å². The zero-order valence-corrected chi connectivity index (χ0v) is 13.8. The first-order valence-electron chi connectivity index (χ1n) is 8.05. The standard InChI is InChI=1S/C17H20FN5O/c1-3-4-8-13-11(2)20-17-21-16(22-23(17)15(13)24)19-10-12-7-5-6-9-14(12)18/h5-7,9H,3-4,8,10H2,1-2H3,(H2,19,20,21,22). The zero-order chi connectivity index (χ0) is 17.1. The number of hydrogen-bond donors (Lipinski definition) is 2. The molecule has 3 aromatic rings. The molecule has 7 heteroatoms. The van der Waals surface area contributed by atoms with E-state index in [0.29, 0.717) is 35.0 Å². The van der Waals surface area contributed by atoms with Crippen molar-refractivity contribution in [2.75, 3.05) is 5.32 Å². The number of rotatable bonds is 6. The summed E-state index contributed by atoms with van der Waals surface area (Å²) < 4.78 is 15.0. The summed E-state index contributed by atoms with van der Waals surface area (Å²) >= 11 is 0. The average molecular weight is 329 g/mol. The van der Waals surface area contributed by atoms with Gasteiger partial charge in [0.25, 0.3) is 11.3 Å². The lowest BCUT2D eigenvalue weighted by Crippen LogP contribution is -2.22. The molecule has 24 heavy (non-hydrogen) atoms. The zero-order valence-electron chi connectivity index (χ0n) is 13.8. The Hall–Kier alpha value is -2.70. The van der Waals surface area contributed by atoms with Gasteiger partial charge in [-0.2, -0.15) is 9.50 Å². The number of aromatic amines is 1. The van der Waals surface area contributed by atoms with Gasteiger partial charge in [0.05, 0.1) is 5.69 Å². The van der Waals surface area contributed by atoms with E-state index in [2.05, 4.69) is 27.3 Å². The maximum absolute atomic E-state index is 13.6. The van der Waals surface area contributed by atoms with Crippen molar-refractivity contribution >= 4 is 11.7 Å². The van der Waals surface area contributed by atoms with Gasteiger partial charge in [-0.1, -0.05) is 31.5 Å². The molecule has 2 heterocycles. The van der Waals surface area contributed by atoms with Gasteiger partial charge in [0.2, 0.25) is 5.95 Å². The van der Waals surface area contributed by atoms with Crippen LogP contribution in [0.2, 0.25) is 0 Å². The lowest BCUT2D eigenvalue weighted by molar-refractivity contribution is 0.612. The molecule has 126 valence electrons. The Bertz CT molecular complexity index is 915. The Labute approximate surface area is 138 Å². The normalized spacial score (nSPS) is 11.1. The molecule has 0 aliphatic rings. The number of aromatic nitrogens is 4. The fraction of sp³-hybridized carbons (Fsp3) is 0.353. The first-order chi connectivity index (χ1) is 11.6. The number of unbranched alkanes of at least 4 members (excludes halogenated alkanes) is 1. The lowest BCUT2D eigenvalue weighted by atomic mass is 10.1. The fourth-order valence-electron chi connectivity index (χ4n) is 2.60. The predicted molar refractivity (Wildman–Crippen MR) is 90.7 cm³/mol. The van der Waals surface area contributed by atoms with E-state index in [0.717, 1.165) is 12.8 Å². The molecule has 0 radical (unpaired) electrons. The molecule has 0 spiro atoms. The Morgan fingerprint density at radius 2 is 2.08 bits per heavy atom. The second-order valence-electron chi connectivity index (χ2n) is 5.74. The highest BCUT2D eigenvalue weighted by molar-refractivity contribution is 5.39. The summed E-state index contributed by atoms with van der Waals surface area (Å²) in [6.07, 6.45) is 2.66. The van der Waals surface area contributed by atoms with Crippen molar-refractivity contribution in [2.45, 2.75) is 39.7 Å². The second-order valence-corrected chi connectivity index (χ2v) is 5.74. The monoisotopic (exact) mass is 329 g/mol. The minimum absolute atomic E-state index is 0.127. The molecule has 0 atom stereocenters. The molecule has 0 saturated heterocycles. The number of fused-ring (bicyclic) bond motifs is 1. The Kier molecular flexibility index (Phi) is 4.59.